The largest absolute Gasteiger partial charge is 0.205 e. The van der Waals surface area contributed by atoms with Gasteiger partial charge in [0.1, 0.15) is 11.6 Å². The van der Waals surface area contributed by atoms with Crippen molar-refractivity contribution in [2.24, 2.45) is 10.9 Å². The predicted molar refractivity (Wildman–Crippen MR) is 116 cm³/mol. The smallest absolute Gasteiger partial charge is 0.143 e. The summed E-state index contributed by atoms with van der Waals surface area (Å²) in [4.78, 5) is 3.61. The minimum atomic E-state index is -0.751. The molecule has 2 aliphatic rings. The molecule has 146 valence electrons. The van der Waals surface area contributed by atoms with Crippen LogP contribution in [0.2, 0.25) is 0 Å². The summed E-state index contributed by atoms with van der Waals surface area (Å²) in [6, 6.07) is 8.23. The second kappa shape index (κ2) is 8.82. The molecule has 4 rings (SSSR count). The van der Waals surface area contributed by atoms with Crippen molar-refractivity contribution >= 4 is 29.1 Å². The van der Waals surface area contributed by atoms with Crippen molar-refractivity contribution in [2.45, 2.75) is 44.9 Å². The third kappa shape index (κ3) is 4.70. The molecule has 0 unspecified atom stereocenters. The number of hydrogen-bond donors (Lipinski definition) is 0. The van der Waals surface area contributed by atoms with Gasteiger partial charge in [-0.3, -0.25) is 0 Å². The highest BCUT2D eigenvalue weighted by atomic mass is 32.1. The second-order valence-electron chi connectivity index (χ2n) is 7.81. The van der Waals surface area contributed by atoms with Gasteiger partial charge in [-0.15, -0.1) is 0 Å². The lowest BCUT2D eigenvalue weighted by atomic mass is 9.86. The molecule has 1 saturated carbocycles. The Morgan fingerprint density at radius 2 is 1.76 bits per heavy atom. The van der Waals surface area contributed by atoms with E-state index in [0.29, 0.717) is 0 Å². The molecule has 4 heteroatoms. The zero-order valence-electron chi connectivity index (χ0n) is 16.1. The highest BCUT2D eigenvalue weighted by Crippen LogP contribution is 2.34. The van der Waals surface area contributed by atoms with E-state index in [-0.39, 0.29) is 11.3 Å². The van der Waals surface area contributed by atoms with E-state index >= 15 is 0 Å². The number of benzene rings is 2. The van der Waals surface area contributed by atoms with Gasteiger partial charge in [-0.25, -0.2) is 8.78 Å². The molecule has 2 aliphatic carbocycles. The van der Waals surface area contributed by atoms with E-state index in [1.54, 1.807) is 5.57 Å². The lowest BCUT2D eigenvalue weighted by molar-refractivity contribution is 0.534. The zero-order valence-corrected chi connectivity index (χ0v) is 16.9. The Kier molecular flexibility index (Phi) is 6.00. The molecule has 2 aromatic carbocycles. The number of nitrogens with zero attached hydrogens (tertiary/aromatic N) is 1. The van der Waals surface area contributed by atoms with Crippen molar-refractivity contribution in [3.05, 3.63) is 69.8 Å². The maximum Gasteiger partial charge on any atom is 0.143 e. The van der Waals surface area contributed by atoms with E-state index in [2.05, 4.69) is 46.4 Å². The molecule has 0 saturated heterocycles. The molecule has 0 aliphatic heterocycles. The number of thiocarbonyl (C=S) groups is 1. The van der Waals surface area contributed by atoms with Gasteiger partial charge >= 0.3 is 0 Å². The molecule has 1 fully saturated rings. The van der Waals surface area contributed by atoms with Gasteiger partial charge < -0.3 is 0 Å². The monoisotopic (exact) mass is 405 g/mol. The van der Waals surface area contributed by atoms with Crippen molar-refractivity contribution in [1.29, 1.82) is 0 Å². The molecular weight excluding hydrogens is 384 g/mol. The molecule has 0 aromatic heterocycles. The third-order valence-electron chi connectivity index (χ3n) is 5.78. The Morgan fingerprint density at radius 3 is 2.48 bits per heavy atom. The summed E-state index contributed by atoms with van der Waals surface area (Å²) in [7, 11) is 0. The van der Waals surface area contributed by atoms with Crippen LogP contribution in [-0.2, 0) is 6.42 Å². The molecule has 0 bridgehead atoms. The van der Waals surface area contributed by atoms with E-state index in [4.69, 9.17) is 0 Å². The van der Waals surface area contributed by atoms with Crippen LogP contribution in [0.5, 0.6) is 0 Å². The molecule has 0 amide bonds. The second-order valence-corrected chi connectivity index (χ2v) is 7.99. The molecule has 29 heavy (non-hydrogen) atoms. The van der Waals surface area contributed by atoms with E-state index in [1.165, 1.54) is 43.2 Å². The number of isothiocyanates is 1. The van der Waals surface area contributed by atoms with Gasteiger partial charge in [0.05, 0.1) is 16.4 Å². The first-order valence-electron chi connectivity index (χ1n) is 10.0. The van der Waals surface area contributed by atoms with Crippen LogP contribution in [0.4, 0.5) is 14.5 Å². The lowest BCUT2D eigenvalue weighted by Crippen LogP contribution is -2.03. The fourth-order valence-corrected chi connectivity index (χ4v) is 4.41. The first kappa shape index (κ1) is 19.7. The van der Waals surface area contributed by atoms with Gasteiger partial charge in [0.2, 0.25) is 0 Å². The standard InChI is InChI=1S/C25H21F2NS/c26-24-14-22(28-16-29)15-25(27)23(24)10-7-18-5-8-21-13-19(6-9-20(21)12-18)11-17-3-1-2-4-17/h5,8,12-15,17H,1-4,6,9,11H2. The topological polar surface area (TPSA) is 12.4 Å². The van der Waals surface area contributed by atoms with Gasteiger partial charge in [-0.2, -0.15) is 4.99 Å². The summed E-state index contributed by atoms with van der Waals surface area (Å²) in [5.74, 6) is 4.88. The predicted octanol–water partition coefficient (Wildman–Crippen LogP) is 7.01. The fourth-order valence-electron chi connectivity index (χ4n) is 4.31. The summed E-state index contributed by atoms with van der Waals surface area (Å²) in [5, 5.41) is 2.10. The third-order valence-corrected chi connectivity index (χ3v) is 5.87. The molecule has 0 radical (unpaired) electrons. The minimum Gasteiger partial charge on any atom is -0.205 e. The Hall–Kier alpha value is -2.60. The van der Waals surface area contributed by atoms with Crippen LogP contribution in [0.25, 0.3) is 6.08 Å². The first-order chi connectivity index (χ1) is 14.1. The molecule has 0 heterocycles. The molecule has 2 aromatic rings. The van der Waals surface area contributed by atoms with Crippen molar-refractivity contribution < 1.29 is 8.78 Å². The Morgan fingerprint density at radius 1 is 1.00 bits per heavy atom. The number of fused-ring (bicyclic) bond motifs is 1. The highest BCUT2D eigenvalue weighted by molar-refractivity contribution is 7.78. The summed E-state index contributed by atoms with van der Waals surface area (Å²) in [6.07, 6.45) is 11.1. The summed E-state index contributed by atoms with van der Waals surface area (Å²) >= 11 is 4.47. The molecular formula is C25H21F2NS. The van der Waals surface area contributed by atoms with E-state index in [0.717, 1.165) is 36.5 Å². The Labute approximate surface area is 175 Å². The average molecular weight is 406 g/mol. The summed E-state index contributed by atoms with van der Waals surface area (Å²) < 4.78 is 28.3. The van der Waals surface area contributed by atoms with Gasteiger partial charge in [0.15, 0.2) is 0 Å². The number of halogens is 2. The first-order valence-corrected chi connectivity index (χ1v) is 10.4. The molecule has 0 atom stereocenters. The summed E-state index contributed by atoms with van der Waals surface area (Å²) in [6.45, 7) is 0. The lowest BCUT2D eigenvalue weighted by Gasteiger charge is -2.19. The molecule has 1 nitrogen and oxygen atoms in total. The van der Waals surface area contributed by atoms with E-state index < -0.39 is 11.6 Å². The quantitative estimate of drug-likeness (QED) is 0.304. The Balaban J connectivity index is 1.54. The van der Waals surface area contributed by atoms with Crippen LogP contribution in [0.1, 0.15) is 60.8 Å². The fraction of sp³-hybridized carbons (Fsp3) is 0.320. The highest BCUT2D eigenvalue weighted by Gasteiger charge is 2.18. The zero-order chi connectivity index (χ0) is 20.2. The van der Waals surface area contributed by atoms with Crippen molar-refractivity contribution in [3.63, 3.8) is 0 Å². The average Bonchev–Trinajstić information content (AvgIpc) is 3.20. The van der Waals surface area contributed by atoms with Crippen molar-refractivity contribution in [1.82, 2.24) is 0 Å². The van der Waals surface area contributed by atoms with Gasteiger partial charge in [0, 0.05) is 17.7 Å². The van der Waals surface area contributed by atoms with Crippen LogP contribution in [0.3, 0.4) is 0 Å². The number of hydrogen-bond acceptors (Lipinski definition) is 2. The molecule has 0 N–H and O–H groups in total. The number of aliphatic imine (C=N–C) groups is 1. The van der Waals surface area contributed by atoms with Crippen molar-refractivity contribution in [3.8, 4) is 11.8 Å². The van der Waals surface area contributed by atoms with Crippen LogP contribution < -0.4 is 0 Å². The maximum absolute atomic E-state index is 14.1. The van der Waals surface area contributed by atoms with Gasteiger partial charge in [0.25, 0.3) is 0 Å². The normalized spacial score (nSPS) is 15.7. The maximum atomic E-state index is 14.1. The Bertz CT molecular complexity index is 1050. The van der Waals surface area contributed by atoms with Gasteiger partial charge in [-0.1, -0.05) is 55.2 Å². The number of allylic oxidation sites excluding steroid dienone is 1. The summed E-state index contributed by atoms with van der Waals surface area (Å²) in [5.41, 5.74) is 4.63. The number of aryl methyl sites for hydroxylation is 1. The van der Waals surface area contributed by atoms with E-state index in [9.17, 15) is 8.78 Å². The SMILES string of the molecule is Fc1cc(N=C=S)cc(F)c1C#Cc1ccc2c(c1)CCC(CC1CCCC1)=C2. The van der Waals surface area contributed by atoms with Crippen LogP contribution in [0.15, 0.2) is 40.9 Å². The van der Waals surface area contributed by atoms with Gasteiger partial charge in [-0.05, 0) is 60.7 Å². The molecule has 0 spiro atoms. The van der Waals surface area contributed by atoms with Crippen LogP contribution in [-0.4, -0.2) is 5.16 Å². The van der Waals surface area contributed by atoms with Crippen LogP contribution in [0, 0.1) is 29.4 Å². The van der Waals surface area contributed by atoms with E-state index in [1.807, 2.05) is 12.1 Å². The van der Waals surface area contributed by atoms with Crippen LogP contribution >= 0.6 is 12.2 Å². The van der Waals surface area contributed by atoms with Crippen molar-refractivity contribution in [2.75, 3.05) is 0 Å². The number of rotatable bonds is 3. The minimum absolute atomic E-state index is 0.0922.